The van der Waals surface area contributed by atoms with Crippen molar-refractivity contribution in [2.24, 2.45) is 5.92 Å². The van der Waals surface area contributed by atoms with Gasteiger partial charge < -0.3 is 51.5 Å². The van der Waals surface area contributed by atoms with Gasteiger partial charge in [-0.15, -0.1) is 0 Å². The zero-order valence-corrected chi connectivity index (χ0v) is 30.9. The van der Waals surface area contributed by atoms with Crippen LogP contribution in [0.1, 0.15) is 71.3 Å². The number of rotatable bonds is 25. The molecule has 306 valence electrons. The molecule has 55 heavy (non-hydrogen) atoms. The summed E-state index contributed by atoms with van der Waals surface area (Å²) < 4.78 is 15.6. The lowest BCUT2D eigenvalue weighted by Crippen LogP contribution is -2.60. The van der Waals surface area contributed by atoms with E-state index in [0.717, 1.165) is 6.92 Å². The predicted molar refractivity (Wildman–Crippen MR) is 186 cm³/mol. The lowest BCUT2D eigenvalue weighted by atomic mass is 9.96. The molecule has 22 nitrogen and oxygen atoms in total. The average molecular weight is 804 g/mol. The maximum Gasteiger partial charge on any atom is 0.524 e. The lowest BCUT2D eigenvalue weighted by Gasteiger charge is -2.28. The van der Waals surface area contributed by atoms with E-state index < -0.39 is 136 Å². The molecule has 11 N–H and O–H groups in total. The van der Waals surface area contributed by atoms with Crippen LogP contribution in [0.5, 0.6) is 5.75 Å². The number of carbonyl (C=O) groups is 9. The van der Waals surface area contributed by atoms with Crippen LogP contribution < -0.4 is 31.1 Å². The molecule has 0 saturated heterocycles. The molecule has 1 aromatic carbocycles. The number of hydrogen-bond donors (Lipinski definition) is 11. The van der Waals surface area contributed by atoms with Gasteiger partial charge in [0.05, 0.1) is 0 Å². The zero-order valence-electron chi connectivity index (χ0n) is 30.1. The van der Waals surface area contributed by atoms with Crippen molar-refractivity contribution in [1.29, 1.82) is 0 Å². The maximum absolute atomic E-state index is 13.6. The maximum atomic E-state index is 13.6. The van der Waals surface area contributed by atoms with Crippen LogP contribution in [0.15, 0.2) is 24.3 Å². The number of benzene rings is 1. The molecule has 6 unspecified atom stereocenters. The van der Waals surface area contributed by atoms with Gasteiger partial charge in [-0.3, -0.25) is 48.1 Å². The number of aliphatic carboxylic acids is 4. The monoisotopic (exact) mass is 803 g/mol. The van der Waals surface area contributed by atoms with E-state index in [0.29, 0.717) is 5.56 Å². The molecular weight excluding hydrogens is 757 g/mol. The van der Waals surface area contributed by atoms with Gasteiger partial charge in [0.1, 0.15) is 36.0 Å². The summed E-state index contributed by atoms with van der Waals surface area (Å²) in [5.41, 5.74) is 0.348. The Balaban J connectivity index is 3.34. The summed E-state index contributed by atoms with van der Waals surface area (Å²) in [6.07, 6.45) is -3.56. The standard InChI is InChI=1S/C32H46N5O17P/c1-4-16(2)27(31(48)36-22(32(49)50)11-14-26(43)44)37-29(46)21(10-13-25(41)42)34-28(45)20(9-12-24(39)40)35-30(47)23(33-17(3)38)15-18-5-7-19(8-6-18)54-55(51,52)53/h5-8,16,20-23,27H,4,9-15H2,1-3H3,(H,33,38)(H,34,45)(H,35,47)(H,36,48)(H,37,46)(H,39,40)(H,41,42)(H,43,44)(H,49,50)(H2,51,52,53). The SMILES string of the molecule is CCC(C)C(NC(=O)C(CCC(=O)O)NC(=O)C(CCC(=O)O)NC(=O)C(Cc1ccc(OP(=O)(O)O)cc1)NC(C)=O)C(=O)NC(CCC(=O)O)C(=O)O. The fourth-order valence-corrected chi connectivity index (χ4v) is 5.27. The molecular formula is C32H46N5O17P. The molecule has 0 aliphatic carbocycles. The number of nitrogens with one attached hydrogen (secondary N) is 5. The first kappa shape index (κ1) is 47.4. The quantitative estimate of drug-likeness (QED) is 0.0521. The first-order valence-electron chi connectivity index (χ1n) is 16.7. The minimum Gasteiger partial charge on any atom is -0.481 e. The van der Waals surface area contributed by atoms with Crippen molar-refractivity contribution in [3.05, 3.63) is 29.8 Å². The van der Waals surface area contributed by atoms with Crippen molar-refractivity contribution < 1.29 is 82.5 Å². The topological polar surface area (TPSA) is 361 Å². The first-order chi connectivity index (χ1) is 25.5. The molecule has 0 fully saturated rings. The molecule has 0 saturated carbocycles. The Bertz CT molecular complexity index is 1620. The van der Waals surface area contributed by atoms with Gasteiger partial charge in [-0.05, 0) is 42.9 Å². The average Bonchev–Trinajstić information content (AvgIpc) is 3.07. The second-order valence-electron chi connectivity index (χ2n) is 12.4. The Labute approximate surface area is 314 Å². The molecule has 0 bridgehead atoms. The van der Waals surface area contributed by atoms with Crippen LogP contribution in [-0.2, 0) is 54.1 Å². The highest BCUT2D eigenvalue weighted by atomic mass is 31.2. The molecule has 0 aliphatic rings. The van der Waals surface area contributed by atoms with Crippen molar-refractivity contribution in [3.63, 3.8) is 0 Å². The summed E-state index contributed by atoms with van der Waals surface area (Å²) in [7, 11) is -4.87. The Kier molecular flexibility index (Phi) is 19.5. The Morgan fingerprint density at radius 3 is 1.45 bits per heavy atom. The third-order valence-electron chi connectivity index (χ3n) is 7.90. The highest BCUT2D eigenvalue weighted by molar-refractivity contribution is 7.46. The minimum atomic E-state index is -4.87. The third-order valence-corrected chi connectivity index (χ3v) is 8.34. The van der Waals surface area contributed by atoms with Gasteiger partial charge >= 0.3 is 31.7 Å². The van der Waals surface area contributed by atoms with E-state index in [1.54, 1.807) is 6.92 Å². The molecule has 0 radical (unpaired) electrons. The fourth-order valence-electron chi connectivity index (χ4n) is 4.87. The van der Waals surface area contributed by atoms with E-state index in [1.165, 1.54) is 31.2 Å². The van der Waals surface area contributed by atoms with Crippen molar-refractivity contribution in [2.75, 3.05) is 0 Å². The number of phosphoric ester groups is 1. The van der Waals surface area contributed by atoms with E-state index in [2.05, 4.69) is 31.1 Å². The van der Waals surface area contributed by atoms with Crippen molar-refractivity contribution in [2.45, 2.75) is 102 Å². The third kappa shape index (κ3) is 18.8. The molecule has 6 atom stereocenters. The van der Waals surface area contributed by atoms with Crippen LogP contribution in [0.4, 0.5) is 0 Å². The molecule has 1 rings (SSSR count). The second-order valence-corrected chi connectivity index (χ2v) is 13.5. The van der Waals surface area contributed by atoms with E-state index >= 15 is 0 Å². The van der Waals surface area contributed by atoms with Gasteiger partial charge in [0, 0.05) is 32.6 Å². The van der Waals surface area contributed by atoms with Crippen LogP contribution in [-0.4, -0.2) is 114 Å². The lowest BCUT2D eigenvalue weighted by molar-refractivity contribution is -0.144. The molecule has 0 spiro atoms. The summed E-state index contributed by atoms with van der Waals surface area (Å²) in [6.45, 7) is 4.25. The number of carboxylic acid groups (broad SMARTS) is 4. The molecule has 0 heterocycles. The van der Waals surface area contributed by atoms with E-state index in [-0.39, 0.29) is 18.6 Å². The van der Waals surface area contributed by atoms with Crippen LogP contribution in [0.2, 0.25) is 0 Å². The number of carboxylic acids is 4. The highest BCUT2D eigenvalue weighted by Gasteiger charge is 2.34. The molecule has 1 aromatic rings. The van der Waals surface area contributed by atoms with Crippen molar-refractivity contribution in [1.82, 2.24) is 26.6 Å². The number of phosphoric acid groups is 1. The molecule has 23 heteroatoms. The first-order valence-corrected chi connectivity index (χ1v) is 18.3. The van der Waals surface area contributed by atoms with E-state index in [4.69, 9.17) is 14.9 Å². The predicted octanol–water partition coefficient (Wildman–Crippen LogP) is -1.13. The van der Waals surface area contributed by atoms with Gasteiger partial charge in [-0.2, -0.15) is 0 Å². The normalized spacial score (nSPS) is 14.3. The van der Waals surface area contributed by atoms with Gasteiger partial charge in [-0.1, -0.05) is 32.4 Å². The van der Waals surface area contributed by atoms with Crippen LogP contribution >= 0.6 is 7.82 Å². The molecule has 0 aromatic heterocycles. The van der Waals surface area contributed by atoms with E-state index in [9.17, 15) is 63.0 Å². The van der Waals surface area contributed by atoms with Gasteiger partial charge in [-0.25, -0.2) is 9.36 Å². The van der Waals surface area contributed by atoms with E-state index in [1.807, 2.05) is 0 Å². The van der Waals surface area contributed by atoms with Crippen molar-refractivity contribution >= 4 is 61.2 Å². The van der Waals surface area contributed by atoms with Crippen LogP contribution in [0.3, 0.4) is 0 Å². The van der Waals surface area contributed by atoms with Crippen molar-refractivity contribution in [3.8, 4) is 5.75 Å². The molecule has 5 amide bonds. The number of amides is 5. The summed E-state index contributed by atoms with van der Waals surface area (Å²) in [6, 6.07) is -2.84. The van der Waals surface area contributed by atoms with Gasteiger partial charge in [0.2, 0.25) is 29.5 Å². The van der Waals surface area contributed by atoms with Gasteiger partial charge in [0.15, 0.2) is 0 Å². The Morgan fingerprint density at radius 1 is 0.636 bits per heavy atom. The van der Waals surface area contributed by atoms with Crippen LogP contribution in [0.25, 0.3) is 0 Å². The largest absolute Gasteiger partial charge is 0.524 e. The second kappa shape index (κ2) is 22.6. The Morgan fingerprint density at radius 2 is 1.05 bits per heavy atom. The smallest absolute Gasteiger partial charge is 0.481 e. The highest BCUT2D eigenvalue weighted by Crippen LogP contribution is 2.37. The van der Waals surface area contributed by atoms with Gasteiger partial charge in [0.25, 0.3) is 0 Å². The number of carbonyl (C=O) groups excluding carboxylic acids is 5. The summed E-state index contributed by atoms with van der Waals surface area (Å²) in [5, 5.41) is 48.5. The molecule has 0 aliphatic heterocycles. The zero-order chi connectivity index (χ0) is 42.0. The fraction of sp³-hybridized carbons (Fsp3) is 0.531. The Hall–Kier alpha value is -5.60. The summed E-state index contributed by atoms with van der Waals surface area (Å²) >= 11 is 0. The number of hydrogen-bond acceptors (Lipinski definition) is 11. The summed E-state index contributed by atoms with van der Waals surface area (Å²) in [5.74, 6) is -11.5. The minimum absolute atomic E-state index is 0.208. The summed E-state index contributed by atoms with van der Waals surface area (Å²) in [4.78, 5) is 129. The van der Waals surface area contributed by atoms with Crippen LogP contribution in [0, 0.1) is 5.92 Å².